The topological polar surface area (TPSA) is 177 Å². The summed E-state index contributed by atoms with van der Waals surface area (Å²) in [5.74, 6) is -2.72. The number of aliphatic carboxylic acids is 1. The van der Waals surface area contributed by atoms with Crippen molar-refractivity contribution in [2.75, 3.05) is 39.3 Å². The van der Waals surface area contributed by atoms with Crippen molar-refractivity contribution in [3.05, 3.63) is 10.6 Å². The molecule has 12 nitrogen and oxygen atoms in total. The van der Waals surface area contributed by atoms with Crippen molar-refractivity contribution in [1.82, 2.24) is 20.0 Å². The van der Waals surface area contributed by atoms with Crippen molar-refractivity contribution in [2.24, 2.45) is 17.6 Å². The van der Waals surface area contributed by atoms with Crippen LogP contribution in [-0.4, -0.2) is 123 Å². The van der Waals surface area contributed by atoms with E-state index in [9.17, 15) is 34.5 Å². The first kappa shape index (κ1) is 27.8. The number of hydrogen-bond acceptors (Lipinski definition) is 9. The molecule has 0 spiro atoms. The maximum absolute atomic E-state index is 13.1. The van der Waals surface area contributed by atoms with Crippen LogP contribution in [0, 0.1) is 11.8 Å². The fraction of sp³-hybridized carbons (Fsp3) is 0.750. The molecule has 0 aromatic heterocycles. The van der Waals surface area contributed by atoms with E-state index in [0.29, 0.717) is 63.4 Å². The third kappa shape index (κ3) is 5.24. The molecule has 3 amide bonds. The number of amides is 3. The standard InChI is InChI=1S/C24H37N5O7S/c1-12-18-17(13(2)30)23(34)29(18)19(24(35)36)20(12)37-14-10-15(26-11-14)21(32)27-6-8-28(9-7-27)22(33)16(31)4-3-5-25/h12-18,26,30-31H,3-11,25H2,1-2H3,(H,35,36)/t12-,13-,14+,15+,16+,17-,18?/m1/s1. The Labute approximate surface area is 220 Å². The maximum atomic E-state index is 13.1. The quantitative estimate of drug-likeness (QED) is 0.214. The summed E-state index contributed by atoms with van der Waals surface area (Å²) in [6.45, 7) is 5.85. The molecule has 4 aliphatic rings. The predicted molar refractivity (Wildman–Crippen MR) is 135 cm³/mol. The van der Waals surface area contributed by atoms with Crippen LogP contribution in [0.5, 0.6) is 0 Å². The molecule has 0 saturated carbocycles. The molecular formula is C24H37N5O7S. The molecule has 3 saturated heterocycles. The zero-order chi connectivity index (χ0) is 27.0. The van der Waals surface area contributed by atoms with Crippen LogP contribution in [0.1, 0.15) is 33.1 Å². The van der Waals surface area contributed by atoms with Crippen LogP contribution < -0.4 is 11.1 Å². The van der Waals surface area contributed by atoms with E-state index in [1.165, 1.54) is 16.7 Å². The normalized spacial score (nSPS) is 31.3. The van der Waals surface area contributed by atoms with Gasteiger partial charge in [-0.15, -0.1) is 11.8 Å². The Morgan fingerprint density at radius 1 is 1.16 bits per heavy atom. The Kier molecular flexibility index (Phi) is 8.48. The van der Waals surface area contributed by atoms with Crippen LogP contribution in [-0.2, 0) is 19.2 Å². The number of carboxylic acid groups (broad SMARTS) is 1. The lowest BCUT2D eigenvalue weighted by molar-refractivity contribution is -0.163. The fourth-order valence-corrected chi connectivity index (χ4v) is 7.33. The lowest BCUT2D eigenvalue weighted by Crippen LogP contribution is -2.63. The first-order chi connectivity index (χ1) is 17.6. The van der Waals surface area contributed by atoms with Crippen molar-refractivity contribution in [2.45, 2.75) is 62.7 Å². The second kappa shape index (κ2) is 11.3. The molecule has 0 aromatic carbocycles. The Hall–Kier alpha value is -2.19. The summed E-state index contributed by atoms with van der Waals surface area (Å²) in [6.07, 6.45) is -0.513. The zero-order valence-electron chi connectivity index (χ0n) is 21.2. The number of fused-ring (bicyclic) bond motifs is 1. The minimum atomic E-state index is -1.16. The summed E-state index contributed by atoms with van der Waals surface area (Å²) < 4.78 is 0. The number of carbonyl (C=O) groups excluding carboxylic acids is 3. The van der Waals surface area contributed by atoms with Crippen molar-refractivity contribution >= 4 is 35.5 Å². The molecule has 0 radical (unpaired) electrons. The molecule has 37 heavy (non-hydrogen) atoms. The lowest BCUT2D eigenvalue weighted by Gasteiger charge is -2.46. The van der Waals surface area contributed by atoms with Crippen LogP contribution in [0.25, 0.3) is 0 Å². The summed E-state index contributed by atoms with van der Waals surface area (Å²) in [5.41, 5.74) is 5.44. The van der Waals surface area contributed by atoms with Crippen molar-refractivity contribution in [3.8, 4) is 0 Å². The van der Waals surface area contributed by atoms with Gasteiger partial charge in [-0.25, -0.2) is 4.79 Å². The largest absolute Gasteiger partial charge is 0.477 e. The third-order valence-corrected chi connectivity index (χ3v) is 9.37. The van der Waals surface area contributed by atoms with Gasteiger partial charge in [-0.3, -0.25) is 14.4 Å². The monoisotopic (exact) mass is 539 g/mol. The predicted octanol–water partition coefficient (Wildman–Crippen LogP) is -1.63. The molecule has 0 aliphatic carbocycles. The molecule has 0 aromatic rings. The summed E-state index contributed by atoms with van der Waals surface area (Å²) in [6, 6.07) is -0.773. The number of aliphatic hydroxyl groups is 2. The van der Waals surface area contributed by atoms with E-state index < -0.39 is 30.1 Å². The zero-order valence-corrected chi connectivity index (χ0v) is 22.0. The number of nitrogens with two attached hydrogens (primary N) is 1. The third-order valence-electron chi connectivity index (χ3n) is 7.86. The van der Waals surface area contributed by atoms with E-state index >= 15 is 0 Å². The average Bonchev–Trinajstić information content (AvgIpc) is 3.43. The van der Waals surface area contributed by atoms with Crippen molar-refractivity contribution < 1.29 is 34.5 Å². The van der Waals surface area contributed by atoms with Crippen molar-refractivity contribution in [3.63, 3.8) is 0 Å². The second-order valence-electron chi connectivity index (χ2n) is 10.3. The van der Waals surface area contributed by atoms with Gasteiger partial charge in [-0.1, -0.05) is 6.92 Å². The van der Waals surface area contributed by atoms with Crippen LogP contribution in [0.2, 0.25) is 0 Å². The number of nitrogens with zero attached hydrogens (tertiary/aromatic N) is 3. The number of piperazine rings is 1. The summed E-state index contributed by atoms with van der Waals surface area (Å²) >= 11 is 1.40. The number of rotatable bonds is 9. The van der Waals surface area contributed by atoms with E-state index in [4.69, 9.17) is 5.73 Å². The smallest absolute Gasteiger partial charge is 0.353 e. The Morgan fingerprint density at radius 3 is 2.41 bits per heavy atom. The number of β-lactam (4-membered cyclic amide) rings is 1. The van der Waals surface area contributed by atoms with Gasteiger partial charge in [0.25, 0.3) is 5.91 Å². The number of carboxylic acids is 1. The summed E-state index contributed by atoms with van der Waals surface area (Å²) in [5, 5.41) is 33.1. The molecule has 0 bridgehead atoms. The highest BCUT2D eigenvalue weighted by Crippen LogP contribution is 2.51. The first-order valence-electron chi connectivity index (χ1n) is 12.9. The summed E-state index contributed by atoms with van der Waals surface area (Å²) in [7, 11) is 0. The van der Waals surface area contributed by atoms with Gasteiger partial charge in [-0.2, -0.15) is 0 Å². The van der Waals surface area contributed by atoms with E-state index in [1.54, 1.807) is 16.7 Å². The van der Waals surface area contributed by atoms with E-state index in [1.807, 2.05) is 6.92 Å². The van der Waals surface area contributed by atoms with E-state index in [0.717, 1.165) is 0 Å². The maximum Gasteiger partial charge on any atom is 0.353 e. The average molecular weight is 540 g/mol. The molecular weight excluding hydrogens is 502 g/mol. The van der Waals surface area contributed by atoms with Gasteiger partial charge < -0.3 is 41.1 Å². The highest BCUT2D eigenvalue weighted by molar-refractivity contribution is 8.03. The van der Waals surface area contributed by atoms with Crippen molar-refractivity contribution in [1.29, 1.82) is 0 Å². The molecule has 3 fully saturated rings. The minimum absolute atomic E-state index is 0.00591. The van der Waals surface area contributed by atoms with E-state index in [-0.39, 0.29) is 40.6 Å². The Balaban J connectivity index is 1.32. The van der Waals surface area contributed by atoms with Gasteiger partial charge in [-0.05, 0) is 32.7 Å². The van der Waals surface area contributed by atoms with Gasteiger partial charge in [0.15, 0.2) is 0 Å². The van der Waals surface area contributed by atoms with E-state index in [2.05, 4.69) is 5.32 Å². The number of nitrogens with one attached hydrogen (secondary N) is 1. The Morgan fingerprint density at radius 2 is 1.81 bits per heavy atom. The van der Waals surface area contributed by atoms with Gasteiger partial charge in [0, 0.05) is 48.8 Å². The number of hydrogen-bond donors (Lipinski definition) is 5. The van der Waals surface area contributed by atoms with Crippen LogP contribution in [0.3, 0.4) is 0 Å². The molecule has 4 heterocycles. The van der Waals surface area contributed by atoms with Crippen LogP contribution in [0.4, 0.5) is 0 Å². The van der Waals surface area contributed by atoms with Crippen LogP contribution >= 0.6 is 11.8 Å². The molecule has 7 atom stereocenters. The molecule has 6 N–H and O–H groups in total. The van der Waals surface area contributed by atoms with Gasteiger partial charge in [0.05, 0.1) is 24.1 Å². The van der Waals surface area contributed by atoms with Crippen LogP contribution in [0.15, 0.2) is 10.6 Å². The first-order valence-corrected chi connectivity index (χ1v) is 13.8. The lowest BCUT2D eigenvalue weighted by atomic mass is 9.79. The number of thioether (sulfide) groups is 1. The molecule has 206 valence electrons. The number of carbonyl (C=O) groups is 4. The number of aliphatic hydroxyl groups excluding tert-OH is 2. The minimum Gasteiger partial charge on any atom is -0.477 e. The van der Waals surface area contributed by atoms with Gasteiger partial charge >= 0.3 is 5.97 Å². The Bertz CT molecular complexity index is 967. The van der Waals surface area contributed by atoms with Gasteiger partial charge in [0.1, 0.15) is 11.8 Å². The fourth-order valence-electron chi connectivity index (χ4n) is 5.85. The summed E-state index contributed by atoms with van der Waals surface area (Å²) in [4.78, 5) is 55.4. The molecule has 4 rings (SSSR count). The molecule has 13 heteroatoms. The van der Waals surface area contributed by atoms with Gasteiger partial charge in [0.2, 0.25) is 11.8 Å². The molecule has 4 aliphatic heterocycles. The molecule has 1 unspecified atom stereocenters. The highest BCUT2D eigenvalue weighted by Gasteiger charge is 2.60. The highest BCUT2D eigenvalue weighted by atomic mass is 32.2. The SMILES string of the molecule is C[C@H]1C(S[C@@H]2CN[C@H](C(=O)N3CCN(C(=O)[C@@H](O)CCCN)CC3)C2)=C(C(=O)O)N2C(=O)[C@H]([C@@H](C)O)C12. The second-order valence-corrected chi connectivity index (χ2v) is 11.6.